The first-order valence-corrected chi connectivity index (χ1v) is 7.80. The maximum absolute atomic E-state index is 12.2. The summed E-state index contributed by atoms with van der Waals surface area (Å²) in [5, 5.41) is 12.2. The number of pyridine rings is 1. The highest BCUT2D eigenvalue weighted by molar-refractivity contribution is 7.99. The van der Waals surface area contributed by atoms with Crippen molar-refractivity contribution >= 4 is 17.7 Å². The van der Waals surface area contributed by atoms with E-state index in [1.54, 1.807) is 18.3 Å². The Morgan fingerprint density at radius 2 is 2.45 bits per heavy atom. The van der Waals surface area contributed by atoms with Crippen LogP contribution in [-0.2, 0) is 0 Å². The van der Waals surface area contributed by atoms with E-state index in [0.29, 0.717) is 23.1 Å². The summed E-state index contributed by atoms with van der Waals surface area (Å²) >= 11 is 1.92. The third kappa shape index (κ3) is 4.26. The summed E-state index contributed by atoms with van der Waals surface area (Å²) in [4.78, 5) is 16.3. The van der Waals surface area contributed by atoms with Gasteiger partial charge in [-0.1, -0.05) is 18.3 Å². The Morgan fingerprint density at radius 3 is 3.20 bits per heavy atom. The molecule has 0 bridgehead atoms. The van der Waals surface area contributed by atoms with E-state index in [0.717, 1.165) is 6.42 Å². The Hall–Kier alpha value is -1.51. The molecule has 0 aromatic carbocycles. The Balaban J connectivity index is 1.97. The molecular weight excluding hydrogens is 272 g/mol. The molecule has 5 heteroatoms. The van der Waals surface area contributed by atoms with Gasteiger partial charge in [0, 0.05) is 18.0 Å². The summed E-state index contributed by atoms with van der Waals surface area (Å²) in [6.45, 7) is 0.446. The third-order valence-electron chi connectivity index (χ3n) is 3.09. The van der Waals surface area contributed by atoms with E-state index in [2.05, 4.69) is 22.1 Å². The monoisotopic (exact) mass is 290 g/mol. The smallest absolute Gasteiger partial charge is 0.271 e. The number of nitrogens with zero attached hydrogens (tertiary/aromatic N) is 1. The van der Waals surface area contributed by atoms with Gasteiger partial charge in [-0.25, -0.2) is 4.98 Å². The first-order valence-electron chi connectivity index (χ1n) is 6.76. The highest BCUT2D eigenvalue weighted by Gasteiger charge is 2.17. The first kappa shape index (κ1) is 14.9. The number of hydrogen-bond donors (Lipinski definition) is 2. The van der Waals surface area contributed by atoms with Crippen molar-refractivity contribution in [3.05, 3.63) is 29.6 Å². The van der Waals surface area contributed by atoms with Crippen molar-refractivity contribution in [2.24, 2.45) is 0 Å². The number of amides is 1. The Bertz CT molecular complexity index is 516. The van der Waals surface area contributed by atoms with Gasteiger partial charge in [0.05, 0.1) is 5.56 Å². The molecular formula is C15H18N2O2S. The van der Waals surface area contributed by atoms with Crippen molar-refractivity contribution < 1.29 is 9.90 Å². The fourth-order valence-electron chi connectivity index (χ4n) is 2.08. The number of hydrogen-bond acceptors (Lipinski definition) is 4. The summed E-state index contributed by atoms with van der Waals surface area (Å²) in [5.74, 6) is 6.28. The van der Waals surface area contributed by atoms with Crippen LogP contribution in [0.5, 0.6) is 0 Å². The van der Waals surface area contributed by atoms with Crippen LogP contribution < -0.4 is 5.32 Å². The molecule has 1 saturated heterocycles. The zero-order valence-corrected chi connectivity index (χ0v) is 12.1. The number of aliphatic hydroxyl groups excluding tert-OH is 1. The van der Waals surface area contributed by atoms with Crippen molar-refractivity contribution in [2.75, 3.05) is 18.9 Å². The van der Waals surface area contributed by atoms with Gasteiger partial charge in [-0.05, 0) is 30.7 Å². The van der Waals surface area contributed by atoms with Gasteiger partial charge < -0.3 is 10.4 Å². The topological polar surface area (TPSA) is 62.2 Å². The van der Waals surface area contributed by atoms with Crippen LogP contribution in [0, 0.1) is 11.8 Å². The van der Waals surface area contributed by atoms with Gasteiger partial charge in [0.1, 0.15) is 12.3 Å². The Kier molecular flexibility index (Phi) is 5.90. The van der Waals surface area contributed by atoms with Crippen molar-refractivity contribution in [1.82, 2.24) is 10.3 Å². The lowest BCUT2D eigenvalue weighted by Crippen LogP contribution is -2.32. The standard InChI is InChI=1S/C15H18N2O2S/c18-9-4-6-12-5-3-8-16-14(12)15(19)17-11-13-7-1-2-10-20-13/h3,5,8,13,18H,1-2,7,9-11H2,(H,17,19). The summed E-state index contributed by atoms with van der Waals surface area (Å²) in [5.41, 5.74) is 0.879. The minimum Gasteiger partial charge on any atom is -0.384 e. The van der Waals surface area contributed by atoms with E-state index in [4.69, 9.17) is 5.11 Å². The van der Waals surface area contributed by atoms with E-state index < -0.39 is 0 Å². The quantitative estimate of drug-likeness (QED) is 0.827. The van der Waals surface area contributed by atoms with Gasteiger partial charge in [0.25, 0.3) is 5.91 Å². The number of aromatic nitrogens is 1. The Morgan fingerprint density at radius 1 is 1.55 bits per heavy atom. The number of thioether (sulfide) groups is 1. The molecule has 0 spiro atoms. The maximum Gasteiger partial charge on any atom is 0.271 e. The molecule has 2 N–H and O–H groups in total. The molecule has 1 aromatic rings. The maximum atomic E-state index is 12.2. The number of rotatable bonds is 3. The van der Waals surface area contributed by atoms with Crippen molar-refractivity contribution in [3.63, 3.8) is 0 Å². The largest absolute Gasteiger partial charge is 0.384 e. The fraction of sp³-hybridized carbons (Fsp3) is 0.467. The number of carbonyl (C=O) groups excluding carboxylic acids is 1. The zero-order chi connectivity index (χ0) is 14.2. The highest BCUT2D eigenvalue weighted by Crippen LogP contribution is 2.24. The van der Waals surface area contributed by atoms with E-state index >= 15 is 0 Å². The fourth-order valence-corrected chi connectivity index (χ4v) is 3.32. The molecule has 0 aliphatic carbocycles. The van der Waals surface area contributed by atoms with Crippen molar-refractivity contribution in [1.29, 1.82) is 0 Å². The number of nitrogens with one attached hydrogen (secondary N) is 1. The SMILES string of the molecule is O=C(NCC1CCCCS1)c1ncccc1C#CCO. The molecule has 4 nitrogen and oxygen atoms in total. The molecule has 2 rings (SSSR count). The highest BCUT2D eigenvalue weighted by atomic mass is 32.2. The summed E-state index contributed by atoms with van der Waals surface area (Å²) in [7, 11) is 0. The second kappa shape index (κ2) is 7.93. The molecule has 106 valence electrons. The van der Waals surface area contributed by atoms with Crippen molar-refractivity contribution in [3.8, 4) is 11.8 Å². The molecule has 1 aliphatic heterocycles. The predicted molar refractivity (Wildman–Crippen MR) is 80.6 cm³/mol. The second-order valence-corrected chi connectivity index (χ2v) is 5.97. The summed E-state index contributed by atoms with van der Waals surface area (Å²) < 4.78 is 0. The summed E-state index contributed by atoms with van der Waals surface area (Å²) in [6.07, 6.45) is 5.25. The molecule has 0 radical (unpaired) electrons. The van der Waals surface area contributed by atoms with Crippen LogP contribution in [0.4, 0.5) is 0 Å². The van der Waals surface area contributed by atoms with Crippen LogP contribution in [0.15, 0.2) is 18.3 Å². The van der Waals surface area contributed by atoms with Gasteiger partial charge in [-0.2, -0.15) is 11.8 Å². The number of carbonyl (C=O) groups is 1. The molecule has 1 unspecified atom stereocenters. The Labute approximate surface area is 123 Å². The molecule has 1 amide bonds. The van der Waals surface area contributed by atoms with Gasteiger partial charge >= 0.3 is 0 Å². The van der Waals surface area contributed by atoms with Crippen molar-refractivity contribution in [2.45, 2.75) is 24.5 Å². The second-order valence-electron chi connectivity index (χ2n) is 4.56. The average molecular weight is 290 g/mol. The average Bonchev–Trinajstić information content (AvgIpc) is 2.52. The molecule has 1 atom stereocenters. The van der Waals surface area contributed by atoms with Gasteiger partial charge in [0.2, 0.25) is 0 Å². The van der Waals surface area contributed by atoms with Gasteiger partial charge in [0.15, 0.2) is 0 Å². The lowest BCUT2D eigenvalue weighted by atomic mass is 10.1. The summed E-state index contributed by atoms with van der Waals surface area (Å²) in [6, 6.07) is 3.47. The van der Waals surface area contributed by atoms with Crippen LogP contribution in [0.3, 0.4) is 0 Å². The van der Waals surface area contributed by atoms with Crippen LogP contribution in [0.1, 0.15) is 35.3 Å². The van der Waals surface area contributed by atoms with E-state index in [1.165, 1.54) is 18.6 Å². The minimum atomic E-state index is -0.228. The minimum absolute atomic E-state index is 0.195. The third-order valence-corrected chi connectivity index (χ3v) is 4.49. The van der Waals surface area contributed by atoms with E-state index in [-0.39, 0.29) is 12.5 Å². The van der Waals surface area contributed by atoms with Crippen LogP contribution >= 0.6 is 11.8 Å². The van der Waals surface area contributed by atoms with E-state index in [1.807, 2.05) is 11.8 Å². The predicted octanol–water partition coefficient (Wildman–Crippen LogP) is 1.44. The van der Waals surface area contributed by atoms with E-state index in [9.17, 15) is 4.79 Å². The lowest BCUT2D eigenvalue weighted by Gasteiger charge is -2.21. The van der Waals surface area contributed by atoms with Gasteiger partial charge in [-0.15, -0.1) is 0 Å². The van der Waals surface area contributed by atoms with Crippen LogP contribution in [0.25, 0.3) is 0 Å². The zero-order valence-electron chi connectivity index (χ0n) is 11.3. The molecule has 1 fully saturated rings. The number of aliphatic hydroxyl groups is 1. The molecule has 20 heavy (non-hydrogen) atoms. The van der Waals surface area contributed by atoms with Gasteiger partial charge in [-0.3, -0.25) is 4.79 Å². The molecule has 2 heterocycles. The lowest BCUT2D eigenvalue weighted by molar-refractivity contribution is 0.0948. The van der Waals surface area contributed by atoms with Crippen LogP contribution in [-0.4, -0.2) is 40.2 Å². The van der Waals surface area contributed by atoms with Crippen LogP contribution in [0.2, 0.25) is 0 Å². The first-order chi connectivity index (χ1) is 9.81. The molecule has 1 aliphatic rings. The molecule has 1 aromatic heterocycles. The normalized spacial score (nSPS) is 17.9. The molecule has 0 saturated carbocycles.